The molecule has 2 rings (SSSR count). The maximum Gasteiger partial charge on any atom is 0.310 e. The van der Waals surface area contributed by atoms with Gasteiger partial charge in [-0.25, -0.2) is 4.39 Å². The number of piperidine rings is 1. The van der Waals surface area contributed by atoms with Crippen molar-refractivity contribution in [2.45, 2.75) is 19.3 Å². The Hall–Kier alpha value is -2.15. The fourth-order valence-corrected chi connectivity index (χ4v) is 2.77. The standard InChI is InChI=1S/C16H18ClFN2O4/c17-12-2-1-3-13(18)11(12)8-15(22)24-9-14(21)20-6-4-10(5-7-20)16(19)23/h1-3,10H,4-9H2,(H2,19,23). The number of benzene rings is 1. The van der Waals surface area contributed by atoms with Crippen LogP contribution >= 0.6 is 11.6 Å². The predicted molar refractivity (Wildman–Crippen MR) is 84.6 cm³/mol. The summed E-state index contributed by atoms with van der Waals surface area (Å²) in [6.07, 6.45) is 0.655. The zero-order valence-electron chi connectivity index (χ0n) is 13.0. The molecule has 1 heterocycles. The van der Waals surface area contributed by atoms with E-state index in [2.05, 4.69) is 0 Å². The van der Waals surface area contributed by atoms with Crippen LogP contribution in [0.3, 0.4) is 0 Å². The third-order valence-electron chi connectivity index (χ3n) is 3.99. The number of carbonyl (C=O) groups excluding carboxylic acids is 3. The molecule has 0 unspecified atom stereocenters. The number of rotatable bonds is 5. The average molecular weight is 357 g/mol. The Labute approximate surface area is 143 Å². The van der Waals surface area contributed by atoms with E-state index in [-0.39, 0.29) is 34.7 Å². The Bertz CT molecular complexity index is 625. The van der Waals surface area contributed by atoms with Gasteiger partial charge in [0.25, 0.3) is 5.91 Å². The molecule has 0 saturated carbocycles. The molecule has 8 heteroatoms. The van der Waals surface area contributed by atoms with Crippen LogP contribution in [0.15, 0.2) is 18.2 Å². The number of halogens is 2. The van der Waals surface area contributed by atoms with Crippen molar-refractivity contribution >= 4 is 29.4 Å². The summed E-state index contributed by atoms with van der Waals surface area (Å²) in [5.41, 5.74) is 5.27. The van der Waals surface area contributed by atoms with Crippen molar-refractivity contribution in [2.24, 2.45) is 11.7 Å². The van der Waals surface area contributed by atoms with Gasteiger partial charge in [-0.1, -0.05) is 17.7 Å². The van der Waals surface area contributed by atoms with Crippen LogP contribution in [-0.4, -0.2) is 42.4 Å². The summed E-state index contributed by atoms with van der Waals surface area (Å²) in [6, 6.07) is 4.11. The monoisotopic (exact) mass is 356 g/mol. The number of likely N-dealkylation sites (tertiary alicyclic amines) is 1. The summed E-state index contributed by atoms with van der Waals surface area (Å²) in [4.78, 5) is 36.4. The molecule has 1 fully saturated rings. The largest absolute Gasteiger partial charge is 0.455 e. The maximum absolute atomic E-state index is 13.6. The van der Waals surface area contributed by atoms with Gasteiger partial charge in [0.05, 0.1) is 6.42 Å². The Balaban J connectivity index is 1.80. The van der Waals surface area contributed by atoms with E-state index in [9.17, 15) is 18.8 Å². The molecule has 2 amide bonds. The smallest absolute Gasteiger partial charge is 0.310 e. The highest BCUT2D eigenvalue weighted by Crippen LogP contribution is 2.20. The van der Waals surface area contributed by atoms with Gasteiger partial charge >= 0.3 is 5.97 Å². The van der Waals surface area contributed by atoms with Crippen LogP contribution in [0.4, 0.5) is 4.39 Å². The molecule has 24 heavy (non-hydrogen) atoms. The van der Waals surface area contributed by atoms with E-state index in [0.29, 0.717) is 25.9 Å². The lowest BCUT2D eigenvalue weighted by molar-refractivity contribution is -0.152. The van der Waals surface area contributed by atoms with E-state index in [1.54, 1.807) is 0 Å². The minimum atomic E-state index is -0.734. The molecule has 2 N–H and O–H groups in total. The molecule has 0 aliphatic carbocycles. The van der Waals surface area contributed by atoms with Crippen molar-refractivity contribution in [2.75, 3.05) is 19.7 Å². The first kappa shape index (κ1) is 18.2. The van der Waals surface area contributed by atoms with Gasteiger partial charge in [0.1, 0.15) is 5.82 Å². The van der Waals surface area contributed by atoms with Crippen molar-refractivity contribution in [3.8, 4) is 0 Å². The molecular formula is C16H18ClFN2O4. The van der Waals surface area contributed by atoms with Crippen LogP contribution in [-0.2, 0) is 25.5 Å². The van der Waals surface area contributed by atoms with Gasteiger partial charge in [0.2, 0.25) is 5.91 Å². The number of esters is 1. The van der Waals surface area contributed by atoms with Crippen LogP contribution < -0.4 is 5.73 Å². The molecule has 1 aromatic carbocycles. The summed E-state index contributed by atoms with van der Waals surface area (Å²) < 4.78 is 18.5. The Kier molecular flexibility index (Phi) is 6.14. The van der Waals surface area contributed by atoms with Gasteiger partial charge in [-0.15, -0.1) is 0 Å². The second kappa shape index (κ2) is 8.10. The van der Waals surface area contributed by atoms with Gasteiger partial charge in [0, 0.05) is 29.6 Å². The minimum absolute atomic E-state index is 0.0406. The molecule has 1 saturated heterocycles. The van der Waals surface area contributed by atoms with E-state index >= 15 is 0 Å². The quantitative estimate of drug-likeness (QED) is 0.805. The highest BCUT2D eigenvalue weighted by Gasteiger charge is 2.26. The third kappa shape index (κ3) is 4.67. The first-order valence-corrected chi connectivity index (χ1v) is 7.92. The summed E-state index contributed by atoms with van der Waals surface area (Å²) in [5, 5.41) is 0.131. The highest BCUT2D eigenvalue weighted by atomic mass is 35.5. The molecule has 1 aliphatic heterocycles. The fraction of sp³-hybridized carbons (Fsp3) is 0.438. The molecule has 0 spiro atoms. The van der Waals surface area contributed by atoms with Crippen LogP contribution in [0.1, 0.15) is 18.4 Å². The Morgan fingerprint density at radius 1 is 1.29 bits per heavy atom. The fourth-order valence-electron chi connectivity index (χ4n) is 2.54. The van der Waals surface area contributed by atoms with E-state index < -0.39 is 18.4 Å². The van der Waals surface area contributed by atoms with E-state index in [0.717, 1.165) is 0 Å². The normalized spacial score (nSPS) is 15.2. The lowest BCUT2D eigenvalue weighted by Gasteiger charge is -2.30. The summed E-state index contributed by atoms with van der Waals surface area (Å²) >= 11 is 5.84. The Morgan fingerprint density at radius 2 is 1.96 bits per heavy atom. The zero-order chi connectivity index (χ0) is 17.7. The molecule has 6 nitrogen and oxygen atoms in total. The number of carbonyl (C=O) groups is 3. The minimum Gasteiger partial charge on any atom is -0.455 e. The van der Waals surface area contributed by atoms with Crippen molar-refractivity contribution in [3.63, 3.8) is 0 Å². The van der Waals surface area contributed by atoms with Gasteiger partial charge in [-0.3, -0.25) is 14.4 Å². The van der Waals surface area contributed by atoms with Crippen molar-refractivity contribution in [3.05, 3.63) is 34.6 Å². The van der Waals surface area contributed by atoms with Crippen LogP contribution in [0.2, 0.25) is 5.02 Å². The SMILES string of the molecule is NC(=O)C1CCN(C(=O)COC(=O)Cc2c(F)cccc2Cl)CC1. The second-order valence-electron chi connectivity index (χ2n) is 5.60. The van der Waals surface area contributed by atoms with Gasteiger partial charge in [0.15, 0.2) is 6.61 Å². The summed E-state index contributed by atoms with van der Waals surface area (Å²) in [5.74, 6) is -2.28. The predicted octanol–water partition coefficient (Wildman–Crippen LogP) is 1.29. The number of ether oxygens (including phenoxy) is 1. The van der Waals surface area contributed by atoms with E-state index in [4.69, 9.17) is 22.1 Å². The third-order valence-corrected chi connectivity index (χ3v) is 4.34. The van der Waals surface area contributed by atoms with Gasteiger partial charge in [-0.2, -0.15) is 0 Å². The van der Waals surface area contributed by atoms with Crippen molar-refractivity contribution < 1.29 is 23.5 Å². The van der Waals surface area contributed by atoms with E-state index in [1.165, 1.54) is 23.1 Å². The highest BCUT2D eigenvalue weighted by molar-refractivity contribution is 6.31. The number of primary amides is 1. The number of nitrogens with two attached hydrogens (primary N) is 1. The second-order valence-corrected chi connectivity index (χ2v) is 6.00. The lowest BCUT2D eigenvalue weighted by atomic mass is 9.96. The number of hydrogen-bond acceptors (Lipinski definition) is 4. The van der Waals surface area contributed by atoms with Crippen LogP contribution in [0.25, 0.3) is 0 Å². The lowest BCUT2D eigenvalue weighted by Crippen LogP contribution is -2.43. The molecule has 0 atom stereocenters. The number of amides is 2. The molecule has 1 aliphatic rings. The average Bonchev–Trinajstić information content (AvgIpc) is 2.56. The molecule has 0 aromatic heterocycles. The number of hydrogen-bond donors (Lipinski definition) is 1. The first-order chi connectivity index (χ1) is 11.4. The van der Waals surface area contributed by atoms with Crippen LogP contribution in [0.5, 0.6) is 0 Å². The van der Waals surface area contributed by atoms with Crippen molar-refractivity contribution in [1.82, 2.24) is 4.90 Å². The topological polar surface area (TPSA) is 89.7 Å². The van der Waals surface area contributed by atoms with Gasteiger partial charge < -0.3 is 15.4 Å². The first-order valence-electron chi connectivity index (χ1n) is 7.54. The zero-order valence-corrected chi connectivity index (χ0v) is 13.7. The molecule has 130 valence electrons. The molecular weight excluding hydrogens is 339 g/mol. The van der Waals surface area contributed by atoms with Crippen molar-refractivity contribution in [1.29, 1.82) is 0 Å². The molecule has 1 aromatic rings. The van der Waals surface area contributed by atoms with E-state index in [1.807, 2.05) is 0 Å². The van der Waals surface area contributed by atoms with Crippen LogP contribution in [0, 0.1) is 11.7 Å². The Morgan fingerprint density at radius 3 is 2.54 bits per heavy atom. The molecule has 0 radical (unpaired) electrons. The maximum atomic E-state index is 13.6. The summed E-state index contributed by atoms with van der Waals surface area (Å²) in [6.45, 7) is 0.360. The summed E-state index contributed by atoms with van der Waals surface area (Å²) in [7, 11) is 0. The molecule has 0 bridgehead atoms. The van der Waals surface area contributed by atoms with Gasteiger partial charge in [-0.05, 0) is 25.0 Å². The number of nitrogens with zero attached hydrogens (tertiary/aromatic N) is 1.